The fourth-order valence-corrected chi connectivity index (χ4v) is 6.39. The molecule has 2 aliphatic rings. The Labute approximate surface area is 261 Å². The molecule has 0 aliphatic carbocycles. The Morgan fingerprint density at radius 1 is 0.909 bits per heavy atom. The van der Waals surface area contributed by atoms with Crippen LogP contribution in [0.1, 0.15) is 35.1 Å². The van der Waals surface area contributed by atoms with E-state index in [1.807, 2.05) is 28.9 Å². The highest BCUT2D eigenvalue weighted by atomic mass is 35.5. The number of anilines is 3. The zero-order valence-electron chi connectivity index (χ0n) is 23.2. The second-order valence-corrected chi connectivity index (χ2v) is 11.6. The lowest BCUT2D eigenvalue weighted by atomic mass is 9.93. The normalized spacial score (nSPS) is 16.7. The number of carboxylic acid groups (broad SMARTS) is 1. The monoisotopic (exact) mass is 628 g/mol. The molecule has 1 saturated heterocycles. The molecule has 0 bridgehead atoms. The molecule has 13 heteroatoms. The largest absolute Gasteiger partial charge is 0.481 e. The van der Waals surface area contributed by atoms with Crippen LogP contribution >= 0.6 is 23.2 Å². The third-order valence-corrected chi connectivity index (χ3v) is 8.92. The van der Waals surface area contributed by atoms with Gasteiger partial charge in [0.25, 0.3) is 5.91 Å². The second-order valence-electron chi connectivity index (χ2n) is 10.8. The van der Waals surface area contributed by atoms with Crippen LogP contribution in [-0.2, 0) is 11.3 Å². The molecule has 2 aromatic carbocycles. The maximum Gasteiger partial charge on any atom is 0.309 e. The van der Waals surface area contributed by atoms with Crippen LogP contribution in [0.3, 0.4) is 0 Å². The predicted octanol–water partition coefficient (Wildman–Crippen LogP) is 6.04. The Morgan fingerprint density at radius 3 is 2.41 bits per heavy atom. The van der Waals surface area contributed by atoms with Gasteiger partial charge in [-0.3, -0.25) is 24.2 Å². The highest BCUT2D eigenvalue weighted by molar-refractivity contribution is 6.39. The molecule has 222 valence electrons. The summed E-state index contributed by atoms with van der Waals surface area (Å²) in [5.74, 6) is -0.991. The number of aryl methyl sites for hydroxylation is 1. The summed E-state index contributed by atoms with van der Waals surface area (Å²) in [6, 6.07) is 14.5. The number of hydrogen-bond donors (Lipinski definition) is 3. The Morgan fingerprint density at radius 2 is 1.64 bits per heavy atom. The van der Waals surface area contributed by atoms with Crippen molar-refractivity contribution in [2.24, 2.45) is 5.92 Å². The third kappa shape index (κ3) is 5.12. The summed E-state index contributed by atoms with van der Waals surface area (Å²) in [5.41, 5.74) is 4.84. The smallest absolute Gasteiger partial charge is 0.309 e. The molecule has 11 nitrogen and oxygen atoms in total. The minimum absolute atomic E-state index is 0.0412. The first-order chi connectivity index (χ1) is 21.4. The van der Waals surface area contributed by atoms with E-state index >= 15 is 0 Å². The van der Waals surface area contributed by atoms with E-state index in [9.17, 15) is 14.7 Å². The molecule has 0 unspecified atom stereocenters. The predicted molar refractivity (Wildman–Crippen MR) is 167 cm³/mol. The van der Waals surface area contributed by atoms with Gasteiger partial charge in [-0.2, -0.15) is 5.10 Å². The molecule has 1 atom stereocenters. The number of benzene rings is 2. The number of carbonyl (C=O) groups excluding carboxylic acids is 1. The summed E-state index contributed by atoms with van der Waals surface area (Å²) in [6.07, 6.45) is 6.67. The van der Waals surface area contributed by atoms with Crippen LogP contribution in [0, 0.1) is 5.92 Å². The van der Waals surface area contributed by atoms with Crippen LogP contribution in [0.4, 0.5) is 17.2 Å². The molecular weight excluding hydrogens is 603 g/mol. The number of nitrogens with one attached hydrogen (secondary N) is 2. The molecule has 0 saturated carbocycles. The number of nitrogens with zero attached hydrogens (tertiary/aromatic N) is 6. The molecule has 1 amide bonds. The van der Waals surface area contributed by atoms with Crippen molar-refractivity contribution in [2.45, 2.75) is 25.4 Å². The molecule has 3 aromatic heterocycles. The van der Waals surface area contributed by atoms with Crippen LogP contribution in [0.5, 0.6) is 0 Å². The summed E-state index contributed by atoms with van der Waals surface area (Å²) in [4.78, 5) is 39.9. The van der Waals surface area contributed by atoms with Crippen LogP contribution in [0.15, 0.2) is 67.1 Å². The van der Waals surface area contributed by atoms with E-state index < -0.39 is 5.97 Å². The maximum atomic E-state index is 13.4. The number of pyridine rings is 1. The Hall–Kier alpha value is -4.58. The van der Waals surface area contributed by atoms with Crippen molar-refractivity contribution in [3.8, 4) is 11.1 Å². The lowest BCUT2D eigenvalue weighted by molar-refractivity contribution is -0.149. The summed E-state index contributed by atoms with van der Waals surface area (Å²) < 4.78 is 1.85. The van der Waals surface area contributed by atoms with Gasteiger partial charge in [0.05, 0.1) is 44.6 Å². The molecular formula is C31H26Cl2N8O3. The topological polar surface area (TPSA) is 138 Å². The van der Waals surface area contributed by atoms with Gasteiger partial charge >= 0.3 is 5.97 Å². The molecule has 5 heterocycles. The van der Waals surface area contributed by atoms with Crippen LogP contribution in [0.2, 0.25) is 10.0 Å². The van der Waals surface area contributed by atoms with Crippen molar-refractivity contribution in [2.75, 3.05) is 23.7 Å². The lowest BCUT2D eigenvalue weighted by Gasteiger charge is -2.43. The van der Waals surface area contributed by atoms with Gasteiger partial charge in [0.2, 0.25) is 0 Å². The molecule has 5 aromatic rings. The highest BCUT2D eigenvalue weighted by Gasteiger charge is 2.39. The number of aliphatic carboxylic acids is 1. The zero-order chi connectivity index (χ0) is 30.4. The molecule has 1 fully saturated rings. The molecule has 3 N–H and O–H groups in total. The zero-order valence-corrected chi connectivity index (χ0v) is 24.8. The van der Waals surface area contributed by atoms with Gasteiger partial charge in [0.15, 0.2) is 11.5 Å². The number of fused-ring (bicyclic) bond motifs is 2. The second kappa shape index (κ2) is 11.5. The van der Waals surface area contributed by atoms with Crippen molar-refractivity contribution in [3.05, 3.63) is 88.6 Å². The van der Waals surface area contributed by atoms with Gasteiger partial charge < -0.3 is 15.7 Å². The fourth-order valence-electron chi connectivity index (χ4n) is 5.84. The average molecular weight is 630 g/mol. The van der Waals surface area contributed by atoms with Crippen LogP contribution < -0.4 is 10.6 Å². The van der Waals surface area contributed by atoms with E-state index in [1.54, 1.807) is 42.9 Å². The number of carboxylic acids is 1. The minimum Gasteiger partial charge on any atom is -0.481 e. The van der Waals surface area contributed by atoms with E-state index in [-0.39, 0.29) is 23.6 Å². The van der Waals surface area contributed by atoms with Gasteiger partial charge in [-0.1, -0.05) is 47.5 Å². The van der Waals surface area contributed by atoms with Crippen LogP contribution in [0.25, 0.3) is 22.2 Å². The van der Waals surface area contributed by atoms with E-state index in [4.69, 9.17) is 23.2 Å². The van der Waals surface area contributed by atoms with Crippen molar-refractivity contribution >= 4 is 63.3 Å². The van der Waals surface area contributed by atoms with Gasteiger partial charge in [-0.15, -0.1) is 0 Å². The molecule has 0 spiro atoms. The van der Waals surface area contributed by atoms with E-state index in [0.717, 1.165) is 18.5 Å². The highest BCUT2D eigenvalue weighted by Crippen LogP contribution is 2.41. The average Bonchev–Trinajstić information content (AvgIpc) is 3.44. The fraction of sp³-hybridized carbons (Fsp3) is 0.226. The number of likely N-dealkylation sites (tertiary alicyclic amines) is 1. The van der Waals surface area contributed by atoms with Gasteiger partial charge in [-0.25, -0.2) is 9.97 Å². The van der Waals surface area contributed by atoms with Gasteiger partial charge in [-0.05, 0) is 37.1 Å². The Balaban J connectivity index is 1.12. The number of rotatable bonds is 7. The maximum absolute atomic E-state index is 13.4. The molecule has 2 aliphatic heterocycles. The SMILES string of the molecule is O=C(Nc1cccc(-c2cccc(Nc3nccc4nccnc34)c2Cl)c1Cl)c1cc2n(n1)CCC[C@H]2N1CC(C(=O)O)C1. The van der Waals surface area contributed by atoms with Crippen molar-refractivity contribution < 1.29 is 14.7 Å². The third-order valence-electron chi connectivity index (χ3n) is 8.11. The Bertz CT molecular complexity index is 1920. The Kier molecular flexibility index (Phi) is 7.37. The number of carbonyl (C=O) groups is 2. The summed E-state index contributed by atoms with van der Waals surface area (Å²) in [7, 11) is 0. The molecule has 7 rings (SSSR count). The number of halogens is 2. The standard InChI is InChI=1S/C31H26Cl2N8O3/c32-26-18(4-1-6-20(26)37-29-28-22(9-10-36-29)34-11-12-35-28)19-5-2-7-21(27(19)33)38-30(42)23-14-25-24(8-3-13-41(25)39-23)40-15-17(16-40)31(43)44/h1-2,4-7,9-12,14,17,24H,3,8,13,15-16H2,(H,36,37)(H,38,42)(H,43,44)/t24-/m1/s1. The first kappa shape index (κ1) is 28.2. The van der Waals surface area contributed by atoms with Gasteiger partial charge in [0, 0.05) is 49.4 Å². The number of aromatic nitrogens is 5. The van der Waals surface area contributed by atoms with E-state index in [1.165, 1.54) is 0 Å². The van der Waals surface area contributed by atoms with Crippen LogP contribution in [-0.4, -0.2) is 59.7 Å². The van der Waals surface area contributed by atoms with E-state index in [2.05, 4.69) is 35.6 Å². The molecule has 44 heavy (non-hydrogen) atoms. The number of amides is 1. The minimum atomic E-state index is -0.773. The summed E-state index contributed by atoms with van der Waals surface area (Å²) in [6.45, 7) is 1.71. The van der Waals surface area contributed by atoms with Gasteiger partial charge in [0.1, 0.15) is 5.52 Å². The van der Waals surface area contributed by atoms with Crippen molar-refractivity contribution in [1.82, 2.24) is 29.6 Å². The van der Waals surface area contributed by atoms with Crippen molar-refractivity contribution in [3.63, 3.8) is 0 Å². The molecule has 0 radical (unpaired) electrons. The first-order valence-electron chi connectivity index (χ1n) is 14.1. The van der Waals surface area contributed by atoms with Crippen molar-refractivity contribution in [1.29, 1.82) is 0 Å². The summed E-state index contributed by atoms with van der Waals surface area (Å²) >= 11 is 13.8. The quantitative estimate of drug-likeness (QED) is 0.197. The summed E-state index contributed by atoms with van der Waals surface area (Å²) in [5, 5.41) is 20.8. The lowest BCUT2D eigenvalue weighted by Crippen LogP contribution is -2.52. The first-order valence-corrected chi connectivity index (χ1v) is 14.9. The number of hydrogen-bond acceptors (Lipinski definition) is 8. The van der Waals surface area contributed by atoms with E-state index in [0.29, 0.717) is 69.0 Å².